The lowest BCUT2D eigenvalue weighted by Crippen LogP contribution is -2.52. The summed E-state index contributed by atoms with van der Waals surface area (Å²) in [6, 6.07) is 4.08. The number of nitrogens with one attached hydrogen (secondary N) is 2. The summed E-state index contributed by atoms with van der Waals surface area (Å²) in [5.74, 6) is -0.701. The van der Waals surface area contributed by atoms with Crippen LogP contribution in [0.2, 0.25) is 0 Å². The molecule has 0 radical (unpaired) electrons. The van der Waals surface area contributed by atoms with Gasteiger partial charge in [0, 0.05) is 11.6 Å². The van der Waals surface area contributed by atoms with E-state index in [0.717, 1.165) is 25.5 Å². The van der Waals surface area contributed by atoms with Crippen LogP contribution in [0.4, 0.5) is 8.78 Å². The first-order chi connectivity index (χ1) is 8.96. The number of hydrogen-bond donors (Lipinski definition) is 2. The summed E-state index contributed by atoms with van der Waals surface area (Å²) < 4.78 is 26.5. The average Bonchev–Trinajstić information content (AvgIpc) is 2.32. The molecule has 2 rings (SSSR count). The molecule has 1 aliphatic heterocycles. The molecule has 4 heteroatoms. The lowest BCUT2D eigenvalue weighted by Gasteiger charge is -2.37. The van der Waals surface area contributed by atoms with Gasteiger partial charge in [-0.05, 0) is 70.0 Å². The maximum atomic E-state index is 13.5. The number of rotatable bonds is 4. The normalized spacial score (nSPS) is 22.4. The molecule has 1 aromatic rings. The number of benzene rings is 1. The maximum Gasteiger partial charge on any atom is 0.126 e. The summed E-state index contributed by atoms with van der Waals surface area (Å²) >= 11 is 0. The monoisotopic (exact) mass is 268 g/mol. The van der Waals surface area contributed by atoms with Crippen LogP contribution in [0.1, 0.15) is 32.3 Å². The predicted molar refractivity (Wildman–Crippen MR) is 73.2 cm³/mol. The molecule has 1 heterocycles. The number of piperidine rings is 1. The summed E-state index contributed by atoms with van der Waals surface area (Å²) in [5.41, 5.74) is 0.598. The van der Waals surface area contributed by atoms with Crippen LogP contribution in [0.25, 0.3) is 0 Å². The van der Waals surface area contributed by atoms with Crippen LogP contribution in [0.3, 0.4) is 0 Å². The highest BCUT2D eigenvalue weighted by molar-refractivity contribution is 5.19. The van der Waals surface area contributed by atoms with E-state index in [2.05, 4.69) is 24.5 Å². The van der Waals surface area contributed by atoms with E-state index in [0.29, 0.717) is 24.6 Å². The fraction of sp³-hybridized carbons (Fsp3) is 0.600. The fourth-order valence-electron chi connectivity index (χ4n) is 2.70. The van der Waals surface area contributed by atoms with E-state index in [-0.39, 0.29) is 17.2 Å². The van der Waals surface area contributed by atoms with Crippen LogP contribution < -0.4 is 10.6 Å². The minimum atomic E-state index is -0.376. The third-order valence-corrected chi connectivity index (χ3v) is 3.69. The lowest BCUT2D eigenvalue weighted by atomic mass is 9.89. The molecule has 106 valence electrons. The van der Waals surface area contributed by atoms with Crippen molar-refractivity contribution in [3.05, 3.63) is 35.4 Å². The van der Waals surface area contributed by atoms with E-state index in [1.807, 2.05) is 0 Å². The van der Waals surface area contributed by atoms with Crippen molar-refractivity contribution in [3.63, 3.8) is 0 Å². The van der Waals surface area contributed by atoms with Crippen molar-refractivity contribution in [1.29, 1.82) is 0 Å². The zero-order chi connectivity index (χ0) is 13.9. The molecule has 2 nitrogen and oxygen atoms in total. The van der Waals surface area contributed by atoms with Crippen LogP contribution in [-0.2, 0) is 6.42 Å². The van der Waals surface area contributed by atoms with E-state index < -0.39 is 0 Å². The van der Waals surface area contributed by atoms with Gasteiger partial charge in [0.15, 0.2) is 0 Å². The Hall–Kier alpha value is -1.00. The van der Waals surface area contributed by atoms with Crippen molar-refractivity contribution in [2.24, 2.45) is 0 Å². The van der Waals surface area contributed by atoms with Crippen molar-refractivity contribution in [2.45, 2.75) is 44.7 Å². The molecule has 1 unspecified atom stereocenters. The Labute approximate surface area is 113 Å². The first-order valence-electron chi connectivity index (χ1n) is 6.89. The second-order valence-electron chi connectivity index (χ2n) is 5.94. The van der Waals surface area contributed by atoms with Gasteiger partial charge in [0.2, 0.25) is 0 Å². The van der Waals surface area contributed by atoms with Gasteiger partial charge >= 0.3 is 0 Å². The molecular formula is C15H22F2N2. The van der Waals surface area contributed by atoms with Gasteiger partial charge in [0.1, 0.15) is 11.6 Å². The average molecular weight is 268 g/mol. The standard InChI is InChI=1S/C15H22F2N2/c1-15(2)10-13(6-8-19-15)18-7-5-11-9-12(16)3-4-14(11)17/h3-4,9,13,18-19H,5-8,10H2,1-2H3. The molecule has 19 heavy (non-hydrogen) atoms. The maximum absolute atomic E-state index is 13.5. The molecule has 0 aliphatic carbocycles. The summed E-state index contributed by atoms with van der Waals surface area (Å²) in [5, 5.41) is 6.91. The van der Waals surface area contributed by atoms with Crippen molar-refractivity contribution >= 4 is 0 Å². The van der Waals surface area contributed by atoms with Gasteiger partial charge in [-0.3, -0.25) is 0 Å². The van der Waals surface area contributed by atoms with E-state index in [9.17, 15) is 8.78 Å². The second kappa shape index (κ2) is 5.97. The van der Waals surface area contributed by atoms with Gasteiger partial charge in [0.05, 0.1) is 0 Å². The summed E-state index contributed by atoms with van der Waals surface area (Å²) in [4.78, 5) is 0. The third kappa shape index (κ3) is 4.25. The van der Waals surface area contributed by atoms with Crippen molar-refractivity contribution in [3.8, 4) is 0 Å². The van der Waals surface area contributed by atoms with Gasteiger partial charge in [-0.15, -0.1) is 0 Å². The molecular weight excluding hydrogens is 246 g/mol. The smallest absolute Gasteiger partial charge is 0.126 e. The van der Waals surface area contributed by atoms with Crippen molar-refractivity contribution < 1.29 is 8.78 Å². The molecule has 0 saturated carbocycles. The highest BCUT2D eigenvalue weighted by atomic mass is 19.1. The first-order valence-corrected chi connectivity index (χ1v) is 6.89. The Balaban J connectivity index is 1.81. The first kappa shape index (κ1) is 14.4. The molecule has 0 spiro atoms. The minimum Gasteiger partial charge on any atom is -0.314 e. The number of hydrogen-bond acceptors (Lipinski definition) is 2. The van der Waals surface area contributed by atoms with E-state index >= 15 is 0 Å². The molecule has 1 aromatic carbocycles. The molecule has 1 atom stereocenters. The van der Waals surface area contributed by atoms with Crippen LogP contribution in [0.5, 0.6) is 0 Å². The molecule has 0 aromatic heterocycles. The molecule has 0 amide bonds. The second-order valence-corrected chi connectivity index (χ2v) is 5.94. The summed E-state index contributed by atoms with van der Waals surface area (Å²) in [6.45, 7) is 6.06. The topological polar surface area (TPSA) is 24.1 Å². The third-order valence-electron chi connectivity index (χ3n) is 3.69. The molecule has 1 saturated heterocycles. The fourth-order valence-corrected chi connectivity index (χ4v) is 2.70. The van der Waals surface area contributed by atoms with Gasteiger partial charge in [-0.25, -0.2) is 8.78 Å². The Morgan fingerprint density at radius 3 is 2.89 bits per heavy atom. The highest BCUT2D eigenvalue weighted by Crippen LogP contribution is 2.18. The van der Waals surface area contributed by atoms with Crippen LogP contribution in [0, 0.1) is 11.6 Å². The van der Waals surface area contributed by atoms with Crippen LogP contribution in [0.15, 0.2) is 18.2 Å². The van der Waals surface area contributed by atoms with Gasteiger partial charge in [0.25, 0.3) is 0 Å². The SMILES string of the molecule is CC1(C)CC(NCCc2cc(F)ccc2F)CCN1. The van der Waals surface area contributed by atoms with E-state index in [4.69, 9.17) is 0 Å². The molecule has 1 fully saturated rings. The minimum absolute atomic E-state index is 0.153. The molecule has 2 N–H and O–H groups in total. The Bertz CT molecular complexity index is 432. The van der Waals surface area contributed by atoms with Gasteiger partial charge in [-0.1, -0.05) is 0 Å². The highest BCUT2D eigenvalue weighted by Gasteiger charge is 2.26. The Morgan fingerprint density at radius 2 is 2.16 bits per heavy atom. The largest absolute Gasteiger partial charge is 0.314 e. The quantitative estimate of drug-likeness (QED) is 0.877. The van der Waals surface area contributed by atoms with Gasteiger partial charge in [-0.2, -0.15) is 0 Å². The van der Waals surface area contributed by atoms with Gasteiger partial charge < -0.3 is 10.6 Å². The molecule has 0 bridgehead atoms. The Kier molecular flexibility index (Phi) is 4.53. The van der Waals surface area contributed by atoms with Crippen molar-refractivity contribution in [2.75, 3.05) is 13.1 Å². The Morgan fingerprint density at radius 1 is 1.37 bits per heavy atom. The summed E-state index contributed by atoms with van der Waals surface area (Å²) in [7, 11) is 0. The van der Waals surface area contributed by atoms with Crippen molar-refractivity contribution in [1.82, 2.24) is 10.6 Å². The summed E-state index contributed by atoms with van der Waals surface area (Å²) in [6.07, 6.45) is 2.65. The lowest BCUT2D eigenvalue weighted by molar-refractivity contribution is 0.249. The number of halogens is 2. The van der Waals surface area contributed by atoms with Crippen LogP contribution >= 0.6 is 0 Å². The van der Waals surface area contributed by atoms with E-state index in [1.54, 1.807) is 0 Å². The van der Waals surface area contributed by atoms with Crippen LogP contribution in [-0.4, -0.2) is 24.7 Å². The predicted octanol–water partition coefficient (Wildman–Crippen LogP) is 2.63. The van der Waals surface area contributed by atoms with E-state index in [1.165, 1.54) is 12.1 Å². The molecule has 1 aliphatic rings. The zero-order valence-electron chi connectivity index (χ0n) is 11.6. The zero-order valence-corrected chi connectivity index (χ0v) is 11.6.